The van der Waals surface area contributed by atoms with E-state index in [0.29, 0.717) is 33.2 Å². The predicted octanol–water partition coefficient (Wildman–Crippen LogP) is 6.32. The van der Waals surface area contributed by atoms with Crippen LogP contribution in [0, 0.1) is 5.92 Å². The topological polar surface area (TPSA) is 86.8 Å². The van der Waals surface area contributed by atoms with E-state index in [4.69, 9.17) is 23.2 Å². The van der Waals surface area contributed by atoms with E-state index in [2.05, 4.69) is 5.32 Å². The molecule has 0 saturated heterocycles. The van der Waals surface area contributed by atoms with E-state index in [1.807, 2.05) is 74.5 Å². The van der Waals surface area contributed by atoms with Crippen LogP contribution < -0.4 is 9.62 Å². The molecule has 0 fully saturated rings. The Morgan fingerprint density at radius 2 is 1.44 bits per heavy atom. The molecule has 0 aromatic heterocycles. The van der Waals surface area contributed by atoms with Gasteiger partial charge in [0.25, 0.3) is 0 Å². The summed E-state index contributed by atoms with van der Waals surface area (Å²) in [6.45, 7) is 3.74. The molecule has 0 aliphatic carbocycles. The summed E-state index contributed by atoms with van der Waals surface area (Å²) >= 11 is 13.1. The van der Waals surface area contributed by atoms with Gasteiger partial charge in [-0.15, -0.1) is 0 Å². The highest BCUT2D eigenvalue weighted by Gasteiger charge is 2.34. The van der Waals surface area contributed by atoms with Gasteiger partial charge < -0.3 is 10.2 Å². The average molecular weight is 641 g/mol. The molecule has 4 aromatic carbocycles. The maximum absolute atomic E-state index is 14.4. The number of carbonyl (C=O) groups excluding carboxylic acids is 2. The quantitative estimate of drug-likeness (QED) is 0.196. The first-order chi connectivity index (χ1) is 20.5. The molecule has 4 rings (SSSR count). The standard InChI is InChI=1S/C33H35Cl2N3O4S/c1-23(2)20-36-33(40)31(19-24-11-5-4-6-12-24)37(21-27-28(34)16-10-17-29(27)35)32(39)22-38(43(3,41)42)30-18-9-14-25-13-7-8-15-26(25)30/h4-18,23,31H,19-22H2,1-3H3,(H,36,40)/t31-/m1/s1. The molecular formula is C33H35Cl2N3O4S. The van der Waals surface area contributed by atoms with E-state index in [0.717, 1.165) is 21.5 Å². The first kappa shape index (κ1) is 32.3. The van der Waals surface area contributed by atoms with Crippen LogP contribution in [0.4, 0.5) is 5.69 Å². The first-order valence-electron chi connectivity index (χ1n) is 13.9. The van der Waals surface area contributed by atoms with Gasteiger partial charge in [0, 0.05) is 40.5 Å². The van der Waals surface area contributed by atoms with Gasteiger partial charge in [-0.2, -0.15) is 0 Å². The number of nitrogens with zero attached hydrogens (tertiary/aromatic N) is 2. The number of amides is 2. The van der Waals surface area contributed by atoms with Crippen molar-refractivity contribution in [1.82, 2.24) is 10.2 Å². The molecular weight excluding hydrogens is 605 g/mol. The zero-order chi connectivity index (χ0) is 31.1. The monoisotopic (exact) mass is 639 g/mol. The molecule has 0 radical (unpaired) electrons. The van der Waals surface area contributed by atoms with E-state index in [1.165, 1.54) is 4.90 Å². The Labute approximate surface area is 263 Å². The van der Waals surface area contributed by atoms with Crippen LogP contribution in [0.25, 0.3) is 10.8 Å². The molecule has 0 saturated carbocycles. The van der Waals surface area contributed by atoms with Crippen molar-refractivity contribution in [3.8, 4) is 0 Å². The van der Waals surface area contributed by atoms with Crippen molar-refractivity contribution in [1.29, 1.82) is 0 Å². The SMILES string of the molecule is CC(C)CNC(=O)[C@@H](Cc1ccccc1)N(Cc1c(Cl)cccc1Cl)C(=O)CN(c1cccc2ccccc12)S(C)(=O)=O. The summed E-state index contributed by atoms with van der Waals surface area (Å²) in [5.41, 5.74) is 1.67. The largest absolute Gasteiger partial charge is 0.354 e. The number of benzene rings is 4. The maximum Gasteiger partial charge on any atom is 0.244 e. The van der Waals surface area contributed by atoms with E-state index in [-0.39, 0.29) is 24.8 Å². The zero-order valence-corrected chi connectivity index (χ0v) is 26.7. The van der Waals surface area contributed by atoms with E-state index >= 15 is 0 Å². The average Bonchev–Trinajstić information content (AvgIpc) is 2.97. The molecule has 0 aliphatic heterocycles. The second-order valence-electron chi connectivity index (χ2n) is 10.8. The van der Waals surface area contributed by atoms with Crippen molar-refractivity contribution < 1.29 is 18.0 Å². The van der Waals surface area contributed by atoms with Crippen LogP contribution in [-0.4, -0.2) is 50.5 Å². The highest BCUT2D eigenvalue weighted by atomic mass is 35.5. The molecule has 2 amide bonds. The number of carbonyl (C=O) groups is 2. The molecule has 0 unspecified atom stereocenters. The van der Waals surface area contributed by atoms with Crippen LogP contribution in [0.1, 0.15) is 25.0 Å². The van der Waals surface area contributed by atoms with E-state index in [1.54, 1.807) is 30.3 Å². The number of hydrogen-bond donors (Lipinski definition) is 1. The Morgan fingerprint density at radius 1 is 0.837 bits per heavy atom. The molecule has 10 heteroatoms. The van der Waals surface area contributed by atoms with Gasteiger partial charge in [0.2, 0.25) is 21.8 Å². The van der Waals surface area contributed by atoms with Gasteiger partial charge in [0.15, 0.2) is 0 Å². The summed E-state index contributed by atoms with van der Waals surface area (Å²) in [6.07, 6.45) is 1.26. The van der Waals surface area contributed by atoms with Gasteiger partial charge in [0.05, 0.1) is 11.9 Å². The van der Waals surface area contributed by atoms with Crippen LogP contribution in [-0.2, 0) is 32.6 Å². The molecule has 226 valence electrons. The van der Waals surface area contributed by atoms with Gasteiger partial charge in [-0.3, -0.25) is 13.9 Å². The number of fused-ring (bicyclic) bond motifs is 1. The van der Waals surface area contributed by atoms with Crippen molar-refractivity contribution in [2.75, 3.05) is 23.7 Å². The van der Waals surface area contributed by atoms with Crippen molar-refractivity contribution >= 4 is 61.5 Å². The van der Waals surface area contributed by atoms with Gasteiger partial charge in [-0.25, -0.2) is 8.42 Å². The Hall–Kier alpha value is -3.59. The molecule has 4 aromatic rings. The zero-order valence-electron chi connectivity index (χ0n) is 24.3. The Balaban J connectivity index is 1.81. The third-order valence-electron chi connectivity index (χ3n) is 7.06. The first-order valence-corrected chi connectivity index (χ1v) is 16.6. The van der Waals surface area contributed by atoms with Crippen LogP contribution in [0.5, 0.6) is 0 Å². The second kappa shape index (κ2) is 14.3. The lowest BCUT2D eigenvalue weighted by atomic mass is 10.0. The summed E-state index contributed by atoms with van der Waals surface area (Å²) < 4.78 is 27.5. The third kappa shape index (κ3) is 8.28. The van der Waals surface area contributed by atoms with Crippen molar-refractivity contribution in [3.05, 3.63) is 112 Å². The van der Waals surface area contributed by atoms with Crippen LogP contribution in [0.15, 0.2) is 91.0 Å². The Bertz CT molecular complexity index is 1670. The normalized spacial score (nSPS) is 12.2. The molecule has 0 heterocycles. The lowest BCUT2D eigenvalue weighted by Gasteiger charge is -2.34. The number of rotatable bonds is 12. The third-order valence-corrected chi connectivity index (χ3v) is 8.89. The molecule has 7 nitrogen and oxygen atoms in total. The summed E-state index contributed by atoms with van der Waals surface area (Å²) in [6, 6.07) is 26.1. The summed E-state index contributed by atoms with van der Waals surface area (Å²) in [4.78, 5) is 29.5. The van der Waals surface area contributed by atoms with Crippen LogP contribution in [0.3, 0.4) is 0 Å². The smallest absolute Gasteiger partial charge is 0.244 e. The molecule has 1 atom stereocenters. The molecule has 0 bridgehead atoms. The van der Waals surface area contributed by atoms with Crippen molar-refractivity contribution in [2.24, 2.45) is 5.92 Å². The van der Waals surface area contributed by atoms with Gasteiger partial charge in [-0.1, -0.05) is 110 Å². The van der Waals surface area contributed by atoms with Crippen molar-refractivity contribution in [3.63, 3.8) is 0 Å². The molecule has 43 heavy (non-hydrogen) atoms. The number of sulfonamides is 1. The number of anilines is 1. The lowest BCUT2D eigenvalue weighted by Crippen LogP contribution is -2.53. The summed E-state index contributed by atoms with van der Waals surface area (Å²) in [7, 11) is -3.92. The molecule has 0 spiro atoms. The second-order valence-corrected chi connectivity index (χ2v) is 13.6. The maximum atomic E-state index is 14.4. The lowest BCUT2D eigenvalue weighted by molar-refractivity contribution is -0.140. The fourth-order valence-corrected chi connectivity index (χ4v) is 6.23. The van der Waals surface area contributed by atoms with E-state index in [9.17, 15) is 18.0 Å². The Kier molecular flexibility index (Phi) is 10.7. The van der Waals surface area contributed by atoms with Gasteiger partial charge in [0.1, 0.15) is 12.6 Å². The highest BCUT2D eigenvalue weighted by Crippen LogP contribution is 2.30. The summed E-state index contributed by atoms with van der Waals surface area (Å²) in [5.74, 6) is -0.754. The minimum Gasteiger partial charge on any atom is -0.354 e. The summed E-state index contributed by atoms with van der Waals surface area (Å²) in [5, 5.41) is 5.14. The number of nitrogens with one attached hydrogen (secondary N) is 1. The van der Waals surface area contributed by atoms with Gasteiger partial charge >= 0.3 is 0 Å². The molecule has 1 N–H and O–H groups in total. The molecule has 0 aliphatic rings. The van der Waals surface area contributed by atoms with Gasteiger partial charge in [-0.05, 0) is 35.1 Å². The van der Waals surface area contributed by atoms with Crippen LogP contribution >= 0.6 is 23.2 Å². The minimum absolute atomic E-state index is 0.100. The fraction of sp³-hybridized carbons (Fsp3) is 0.273. The fourth-order valence-electron chi connectivity index (χ4n) is 4.85. The van der Waals surface area contributed by atoms with Crippen molar-refractivity contribution in [2.45, 2.75) is 32.9 Å². The predicted molar refractivity (Wildman–Crippen MR) is 175 cm³/mol. The highest BCUT2D eigenvalue weighted by molar-refractivity contribution is 7.92. The van der Waals surface area contributed by atoms with E-state index < -0.39 is 28.5 Å². The number of hydrogen-bond acceptors (Lipinski definition) is 4. The number of halogens is 2. The Morgan fingerprint density at radius 3 is 2.09 bits per heavy atom. The van der Waals surface area contributed by atoms with Crippen LogP contribution in [0.2, 0.25) is 10.0 Å². The minimum atomic E-state index is -3.92.